The molecule has 2 aromatic rings. The normalized spacial score (nSPS) is 14.7. The van der Waals surface area contributed by atoms with Gasteiger partial charge in [0.05, 0.1) is 12.2 Å². The molecule has 0 aliphatic carbocycles. The Kier molecular flexibility index (Phi) is 4.76. The van der Waals surface area contributed by atoms with Gasteiger partial charge in [0.1, 0.15) is 0 Å². The van der Waals surface area contributed by atoms with E-state index in [0.717, 1.165) is 31.9 Å². The molecule has 0 bridgehead atoms. The molecule has 1 saturated heterocycles. The SMILES string of the molecule is Cc1ccccc1N1CCN(C(=O)NCc2ccccn2)CC1. The van der Waals surface area contributed by atoms with Crippen LogP contribution in [0.3, 0.4) is 0 Å². The fourth-order valence-electron chi connectivity index (χ4n) is 2.85. The molecule has 2 amide bonds. The number of para-hydroxylation sites is 1. The van der Waals surface area contributed by atoms with Gasteiger partial charge in [0.15, 0.2) is 0 Å². The average Bonchev–Trinajstić information content (AvgIpc) is 2.61. The second-order valence-corrected chi connectivity index (χ2v) is 5.74. The second kappa shape index (κ2) is 7.13. The smallest absolute Gasteiger partial charge is 0.317 e. The molecule has 2 heterocycles. The van der Waals surface area contributed by atoms with Crippen molar-refractivity contribution in [2.75, 3.05) is 31.1 Å². The monoisotopic (exact) mass is 310 g/mol. The number of nitrogens with one attached hydrogen (secondary N) is 1. The molecule has 3 rings (SSSR count). The predicted molar refractivity (Wildman–Crippen MR) is 91.4 cm³/mol. The number of anilines is 1. The van der Waals surface area contributed by atoms with E-state index in [9.17, 15) is 4.79 Å². The average molecular weight is 310 g/mol. The van der Waals surface area contributed by atoms with Crippen LogP contribution in [0.4, 0.5) is 10.5 Å². The molecule has 0 atom stereocenters. The Morgan fingerprint density at radius 2 is 1.83 bits per heavy atom. The van der Waals surface area contributed by atoms with Crippen molar-refractivity contribution in [1.29, 1.82) is 0 Å². The molecule has 5 nitrogen and oxygen atoms in total. The topological polar surface area (TPSA) is 48.5 Å². The highest BCUT2D eigenvalue weighted by atomic mass is 16.2. The van der Waals surface area contributed by atoms with Gasteiger partial charge in [0.2, 0.25) is 0 Å². The number of carbonyl (C=O) groups is 1. The number of hydrogen-bond donors (Lipinski definition) is 1. The van der Waals surface area contributed by atoms with E-state index in [2.05, 4.69) is 46.4 Å². The molecule has 1 aromatic heterocycles. The van der Waals surface area contributed by atoms with Crippen LogP contribution in [0.5, 0.6) is 0 Å². The number of hydrogen-bond acceptors (Lipinski definition) is 3. The van der Waals surface area contributed by atoms with Crippen molar-refractivity contribution in [2.24, 2.45) is 0 Å². The van der Waals surface area contributed by atoms with Crippen LogP contribution < -0.4 is 10.2 Å². The fraction of sp³-hybridized carbons (Fsp3) is 0.333. The largest absolute Gasteiger partial charge is 0.368 e. The van der Waals surface area contributed by atoms with Crippen molar-refractivity contribution < 1.29 is 4.79 Å². The van der Waals surface area contributed by atoms with Crippen molar-refractivity contribution >= 4 is 11.7 Å². The molecule has 1 aliphatic heterocycles. The number of urea groups is 1. The summed E-state index contributed by atoms with van der Waals surface area (Å²) in [5.74, 6) is 0. The lowest BCUT2D eigenvalue weighted by Gasteiger charge is -2.36. The van der Waals surface area contributed by atoms with Crippen molar-refractivity contribution in [2.45, 2.75) is 13.5 Å². The molecule has 0 saturated carbocycles. The number of carbonyl (C=O) groups excluding carboxylic acids is 1. The van der Waals surface area contributed by atoms with Gasteiger partial charge >= 0.3 is 6.03 Å². The quantitative estimate of drug-likeness (QED) is 0.947. The number of aromatic nitrogens is 1. The zero-order valence-electron chi connectivity index (χ0n) is 13.4. The Morgan fingerprint density at radius 1 is 1.09 bits per heavy atom. The Morgan fingerprint density at radius 3 is 2.52 bits per heavy atom. The summed E-state index contributed by atoms with van der Waals surface area (Å²) in [4.78, 5) is 20.7. The fourth-order valence-corrected chi connectivity index (χ4v) is 2.85. The third-order valence-corrected chi connectivity index (χ3v) is 4.17. The molecular weight excluding hydrogens is 288 g/mol. The Balaban J connectivity index is 1.50. The van der Waals surface area contributed by atoms with Gasteiger partial charge in [-0.1, -0.05) is 24.3 Å². The molecule has 0 radical (unpaired) electrons. The van der Waals surface area contributed by atoms with Crippen LogP contribution in [0.2, 0.25) is 0 Å². The summed E-state index contributed by atoms with van der Waals surface area (Å²) in [5, 5.41) is 2.94. The van der Waals surface area contributed by atoms with Gasteiger partial charge < -0.3 is 15.1 Å². The van der Waals surface area contributed by atoms with Crippen LogP contribution in [0.25, 0.3) is 0 Å². The van der Waals surface area contributed by atoms with Gasteiger partial charge in [-0.25, -0.2) is 4.79 Å². The number of pyridine rings is 1. The van der Waals surface area contributed by atoms with Crippen LogP contribution in [0.15, 0.2) is 48.7 Å². The molecule has 1 aromatic carbocycles. The summed E-state index contributed by atoms with van der Waals surface area (Å²) >= 11 is 0. The maximum absolute atomic E-state index is 12.3. The van der Waals surface area contributed by atoms with E-state index >= 15 is 0 Å². The molecule has 120 valence electrons. The van der Waals surface area contributed by atoms with Gasteiger partial charge in [-0.15, -0.1) is 0 Å². The summed E-state index contributed by atoms with van der Waals surface area (Å²) in [6.07, 6.45) is 1.74. The Labute approximate surface area is 136 Å². The lowest BCUT2D eigenvalue weighted by Crippen LogP contribution is -2.51. The molecular formula is C18H22N4O. The van der Waals surface area contributed by atoms with Gasteiger partial charge in [0.25, 0.3) is 0 Å². The van der Waals surface area contributed by atoms with Crippen LogP contribution in [0, 0.1) is 6.92 Å². The van der Waals surface area contributed by atoms with Crippen molar-refractivity contribution in [3.05, 3.63) is 59.9 Å². The van der Waals surface area contributed by atoms with Crippen LogP contribution in [-0.4, -0.2) is 42.1 Å². The van der Waals surface area contributed by atoms with Gasteiger partial charge in [-0.2, -0.15) is 0 Å². The van der Waals surface area contributed by atoms with Gasteiger partial charge in [0, 0.05) is 38.1 Å². The van der Waals surface area contributed by atoms with E-state index in [4.69, 9.17) is 0 Å². The number of piperazine rings is 1. The lowest BCUT2D eigenvalue weighted by atomic mass is 10.1. The van der Waals surface area contributed by atoms with E-state index in [1.807, 2.05) is 23.1 Å². The summed E-state index contributed by atoms with van der Waals surface area (Å²) in [5.41, 5.74) is 3.42. The first-order valence-electron chi connectivity index (χ1n) is 7.97. The molecule has 0 unspecified atom stereocenters. The first kappa shape index (κ1) is 15.3. The standard InChI is InChI=1S/C18H22N4O/c1-15-6-2-3-8-17(15)21-10-12-22(13-11-21)18(23)20-14-16-7-4-5-9-19-16/h2-9H,10-14H2,1H3,(H,20,23). The maximum Gasteiger partial charge on any atom is 0.317 e. The molecule has 5 heteroatoms. The molecule has 0 spiro atoms. The highest BCUT2D eigenvalue weighted by Crippen LogP contribution is 2.20. The number of rotatable bonds is 3. The molecule has 1 aliphatic rings. The Hall–Kier alpha value is -2.56. The van der Waals surface area contributed by atoms with E-state index in [-0.39, 0.29) is 6.03 Å². The first-order chi connectivity index (χ1) is 11.2. The van der Waals surface area contributed by atoms with Gasteiger partial charge in [-0.05, 0) is 30.7 Å². The number of nitrogens with zero attached hydrogens (tertiary/aromatic N) is 3. The minimum atomic E-state index is -0.0138. The summed E-state index contributed by atoms with van der Waals surface area (Å²) in [6, 6.07) is 14.1. The first-order valence-corrected chi connectivity index (χ1v) is 7.97. The van der Waals surface area contributed by atoms with Crippen LogP contribution in [0.1, 0.15) is 11.3 Å². The summed E-state index contributed by atoms with van der Waals surface area (Å²) in [6.45, 7) is 5.80. The molecule has 1 fully saturated rings. The minimum Gasteiger partial charge on any atom is -0.368 e. The molecule has 23 heavy (non-hydrogen) atoms. The highest BCUT2D eigenvalue weighted by molar-refractivity contribution is 5.74. The highest BCUT2D eigenvalue weighted by Gasteiger charge is 2.21. The number of benzene rings is 1. The zero-order chi connectivity index (χ0) is 16.1. The van der Waals surface area contributed by atoms with Crippen molar-refractivity contribution in [3.63, 3.8) is 0 Å². The predicted octanol–water partition coefficient (Wildman–Crippen LogP) is 2.42. The third-order valence-electron chi connectivity index (χ3n) is 4.17. The van der Waals surface area contributed by atoms with E-state index < -0.39 is 0 Å². The van der Waals surface area contributed by atoms with Crippen molar-refractivity contribution in [1.82, 2.24) is 15.2 Å². The molecule has 1 N–H and O–H groups in total. The van der Waals surface area contributed by atoms with Crippen molar-refractivity contribution in [3.8, 4) is 0 Å². The zero-order valence-corrected chi connectivity index (χ0v) is 13.4. The third kappa shape index (κ3) is 3.80. The van der Waals surface area contributed by atoms with E-state index in [1.54, 1.807) is 6.20 Å². The van der Waals surface area contributed by atoms with Gasteiger partial charge in [-0.3, -0.25) is 4.98 Å². The van der Waals surface area contributed by atoms with Crippen LogP contribution >= 0.6 is 0 Å². The van der Waals surface area contributed by atoms with E-state index in [1.165, 1.54) is 11.3 Å². The second-order valence-electron chi connectivity index (χ2n) is 5.74. The summed E-state index contributed by atoms with van der Waals surface area (Å²) < 4.78 is 0. The lowest BCUT2D eigenvalue weighted by molar-refractivity contribution is 0.194. The number of amides is 2. The van der Waals surface area contributed by atoms with Crippen LogP contribution in [-0.2, 0) is 6.54 Å². The van der Waals surface area contributed by atoms with E-state index in [0.29, 0.717) is 6.54 Å². The maximum atomic E-state index is 12.3. The Bertz CT molecular complexity index is 651. The minimum absolute atomic E-state index is 0.0138. The number of aryl methyl sites for hydroxylation is 1. The summed E-state index contributed by atoms with van der Waals surface area (Å²) in [7, 11) is 0.